The second-order valence-corrected chi connectivity index (χ2v) is 11.4. The van der Waals surface area contributed by atoms with E-state index in [1.54, 1.807) is 24.3 Å². The fourth-order valence-electron chi connectivity index (χ4n) is 5.48. The molecule has 4 heterocycles. The van der Waals surface area contributed by atoms with E-state index in [2.05, 4.69) is 5.32 Å². The molecular weight excluding hydrogens is 506 g/mol. The Balaban J connectivity index is 1.30. The van der Waals surface area contributed by atoms with Crippen molar-refractivity contribution in [2.24, 2.45) is 5.92 Å². The third-order valence-corrected chi connectivity index (χ3v) is 8.53. The Hall–Kier alpha value is -2.81. The van der Waals surface area contributed by atoms with Gasteiger partial charge in [-0.15, -0.1) is 11.3 Å². The van der Waals surface area contributed by atoms with Crippen LogP contribution in [0.5, 0.6) is 0 Å². The van der Waals surface area contributed by atoms with E-state index in [9.17, 15) is 18.4 Å². The van der Waals surface area contributed by atoms with Crippen molar-refractivity contribution in [3.05, 3.63) is 92.6 Å². The molecule has 3 saturated heterocycles. The van der Waals surface area contributed by atoms with E-state index in [1.165, 1.54) is 47.7 Å². The summed E-state index contributed by atoms with van der Waals surface area (Å²) < 4.78 is 34.8. The maximum absolute atomic E-state index is 13.9. The number of fused-ring (bicyclic) bond motifs is 3. The van der Waals surface area contributed by atoms with E-state index in [1.807, 2.05) is 0 Å². The Morgan fingerprint density at radius 3 is 2.22 bits per heavy atom. The number of thiophene rings is 1. The van der Waals surface area contributed by atoms with Gasteiger partial charge in [0.1, 0.15) is 18.2 Å². The van der Waals surface area contributed by atoms with Gasteiger partial charge in [-0.3, -0.25) is 4.79 Å². The number of ether oxygens (including phenoxy) is 1. The first-order chi connectivity index (χ1) is 17.3. The first-order valence-electron chi connectivity index (χ1n) is 11.9. The van der Waals surface area contributed by atoms with Gasteiger partial charge in [0, 0.05) is 12.8 Å². The van der Waals surface area contributed by atoms with Crippen LogP contribution in [0.2, 0.25) is 4.34 Å². The van der Waals surface area contributed by atoms with Crippen LogP contribution in [-0.2, 0) is 4.74 Å². The quantitative estimate of drug-likeness (QED) is 0.301. The van der Waals surface area contributed by atoms with Crippen molar-refractivity contribution < 1.29 is 27.6 Å². The van der Waals surface area contributed by atoms with Crippen molar-refractivity contribution >= 4 is 34.8 Å². The second kappa shape index (κ2) is 10.3. The maximum atomic E-state index is 13.9. The first kappa shape index (κ1) is 24.9. The molecule has 9 heteroatoms. The summed E-state index contributed by atoms with van der Waals surface area (Å²) in [4.78, 5) is 26.6. The number of carbonyl (C=O) groups excluding carboxylic acids is 2. The Kier molecular flexibility index (Phi) is 7.10. The largest absolute Gasteiger partial charge is 0.436 e. The predicted octanol–water partition coefficient (Wildman–Crippen LogP) is 5.99. The number of nitrogens with one attached hydrogen (secondary N) is 1. The summed E-state index contributed by atoms with van der Waals surface area (Å²) in [6.07, 6.45) is 0.189. The highest BCUT2D eigenvalue weighted by molar-refractivity contribution is 7.18. The van der Waals surface area contributed by atoms with Gasteiger partial charge in [0.15, 0.2) is 6.10 Å². The highest BCUT2D eigenvalue weighted by Crippen LogP contribution is 2.35. The van der Waals surface area contributed by atoms with E-state index in [0.717, 1.165) is 25.9 Å². The maximum Gasteiger partial charge on any atom is 0.408 e. The summed E-state index contributed by atoms with van der Waals surface area (Å²) in [5, 5.41) is 3.00. The molecule has 36 heavy (non-hydrogen) atoms. The average molecular weight is 532 g/mol. The number of alkyl carbamates (subject to hydrolysis) is 1. The normalized spacial score (nSPS) is 23.0. The monoisotopic (exact) mass is 531 g/mol. The molecular formula is C27H26ClF2N2O3S+. The van der Waals surface area contributed by atoms with E-state index in [-0.39, 0.29) is 11.8 Å². The molecule has 1 N–H and O–H groups in total. The summed E-state index contributed by atoms with van der Waals surface area (Å²) in [7, 11) is 0. The van der Waals surface area contributed by atoms with Gasteiger partial charge in [-0.25, -0.2) is 13.6 Å². The molecule has 1 atom stereocenters. The van der Waals surface area contributed by atoms with Crippen LogP contribution in [0.15, 0.2) is 60.7 Å². The van der Waals surface area contributed by atoms with Crippen LogP contribution in [-0.4, -0.2) is 48.6 Å². The summed E-state index contributed by atoms with van der Waals surface area (Å²) in [6, 6.07) is 14.8. The Morgan fingerprint density at radius 2 is 1.67 bits per heavy atom. The van der Waals surface area contributed by atoms with Crippen LogP contribution in [0.4, 0.5) is 13.6 Å². The number of benzene rings is 2. The Labute approximate surface area is 217 Å². The lowest BCUT2D eigenvalue weighted by molar-refractivity contribution is -0.936. The van der Waals surface area contributed by atoms with Crippen molar-refractivity contribution in [2.75, 3.05) is 26.2 Å². The number of hydrogen-bond acceptors (Lipinski definition) is 4. The minimum absolute atomic E-state index is 0.0610. The third-order valence-electron chi connectivity index (χ3n) is 7.26. The SMILES string of the molecule is O=C(NC1C[N+]2(CC(=O)c3ccc(Cl)s3)CCC1CC2)OC(c1cccc(F)c1)c1cccc(F)c1. The zero-order chi connectivity index (χ0) is 25.3. The van der Waals surface area contributed by atoms with Gasteiger partial charge in [0.25, 0.3) is 0 Å². The predicted molar refractivity (Wildman–Crippen MR) is 134 cm³/mol. The summed E-state index contributed by atoms with van der Waals surface area (Å²) >= 11 is 7.29. The van der Waals surface area contributed by atoms with E-state index in [4.69, 9.17) is 16.3 Å². The Morgan fingerprint density at radius 1 is 1.03 bits per heavy atom. The van der Waals surface area contributed by atoms with E-state index >= 15 is 0 Å². The second-order valence-electron chi connectivity index (χ2n) is 9.64. The van der Waals surface area contributed by atoms with Gasteiger partial charge < -0.3 is 14.5 Å². The summed E-state index contributed by atoms with van der Waals surface area (Å²) in [5.74, 6) is -0.589. The minimum Gasteiger partial charge on any atom is -0.436 e. The first-order valence-corrected chi connectivity index (χ1v) is 13.1. The molecule has 0 saturated carbocycles. The fourth-order valence-corrected chi connectivity index (χ4v) is 6.45. The van der Waals surface area contributed by atoms with Crippen molar-refractivity contribution in [1.29, 1.82) is 0 Å². The number of piperidine rings is 3. The molecule has 3 aliphatic heterocycles. The van der Waals surface area contributed by atoms with E-state index < -0.39 is 23.8 Å². The molecule has 0 radical (unpaired) electrons. The van der Waals surface area contributed by atoms with Gasteiger partial charge in [0.05, 0.1) is 34.9 Å². The third kappa shape index (κ3) is 5.45. The van der Waals surface area contributed by atoms with Gasteiger partial charge in [-0.05, 0) is 53.4 Å². The number of hydrogen-bond donors (Lipinski definition) is 1. The molecule has 2 aromatic carbocycles. The van der Waals surface area contributed by atoms with Gasteiger partial charge in [0.2, 0.25) is 5.78 Å². The number of nitrogens with zero attached hydrogens (tertiary/aromatic N) is 1. The summed E-state index contributed by atoms with van der Waals surface area (Å²) in [6.45, 7) is 2.77. The fraction of sp³-hybridized carbons (Fsp3) is 0.333. The molecule has 1 amide bonds. The lowest BCUT2D eigenvalue weighted by Crippen LogP contribution is -2.68. The Bertz CT molecular complexity index is 1230. The number of amides is 1. The van der Waals surface area contributed by atoms with Crippen molar-refractivity contribution in [1.82, 2.24) is 5.32 Å². The number of ketones is 1. The molecule has 3 aliphatic rings. The molecule has 3 fully saturated rings. The topological polar surface area (TPSA) is 55.4 Å². The lowest BCUT2D eigenvalue weighted by Gasteiger charge is -2.52. The van der Waals surface area contributed by atoms with Crippen LogP contribution < -0.4 is 5.32 Å². The van der Waals surface area contributed by atoms with Gasteiger partial charge in [-0.2, -0.15) is 0 Å². The zero-order valence-corrected chi connectivity index (χ0v) is 21.0. The molecule has 5 nitrogen and oxygen atoms in total. The molecule has 3 aromatic rings. The highest BCUT2D eigenvalue weighted by Gasteiger charge is 2.47. The highest BCUT2D eigenvalue weighted by atomic mass is 35.5. The van der Waals surface area contributed by atoms with Crippen molar-refractivity contribution in [3.63, 3.8) is 0 Å². The van der Waals surface area contributed by atoms with Crippen LogP contribution in [0.3, 0.4) is 0 Å². The van der Waals surface area contributed by atoms with Crippen LogP contribution in [0.1, 0.15) is 39.7 Å². The average Bonchev–Trinajstić information content (AvgIpc) is 3.29. The smallest absolute Gasteiger partial charge is 0.408 e. The molecule has 1 aromatic heterocycles. The zero-order valence-electron chi connectivity index (χ0n) is 19.5. The van der Waals surface area contributed by atoms with Crippen molar-refractivity contribution in [2.45, 2.75) is 25.0 Å². The van der Waals surface area contributed by atoms with Crippen LogP contribution in [0.25, 0.3) is 0 Å². The lowest BCUT2D eigenvalue weighted by atomic mass is 9.81. The minimum atomic E-state index is -0.967. The van der Waals surface area contributed by atoms with Gasteiger partial charge >= 0.3 is 6.09 Å². The summed E-state index contributed by atoms with van der Waals surface area (Å²) in [5.41, 5.74) is 0.821. The van der Waals surface area contributed by atoms with Gasteiger partial charge in [-0.1, -0.05) is 35.9 Å². The number of quaternary nitrogens is 1. The molecule has 0 aliphatic carbocycles. The number of Topliss-reactive ketones (excluding diaryl/α,β-unsaturated/α-hetero) is 1. The molecule has 188 valence electrons. The van der Waals surface area contributed by atoms with Crippen molar-refractivity contribution in [3.8, 4) is 0 Å². The van der Waals surface area contributed by atoms with Crippen LogP contribution in [0, 0.1) is 17.6 Å². The standard InChI is InChI=1S/C27H25ClF2N2O3S/c28-25-8-7-24(36-25)23(33)16-32-11-9-17(10-12-32)22(15-32)31-27(34)35-26(18-3-1-5-20(29)13-18)19-4-2-6-21(30)14-19/h1-8,13-14,17,22,26H,9-12,15-16H2/p+1. The molecule has 0 spiro atoms. The van der Waals surface area contributed by atoms with Crippen LogP contribution >= 0.6 is 22.9 Å². The molecule has 6 rings (SSSR count). The molecule has 1 unspecified atom stereocenters. The number of rotatable bonds is 7. The number of carbonyl (C=O) groups is 2. The molecule has 2 bridgehead atoms. The number of halogens is 3. The van der Waals surface area contributed by atoms with E-state index in [0.29, 0.717) is 43.8 Å².